The van der Waals surface area contributed by atoms with Gasteiger partial charge >= 0.3 is 0 Å². The Morgan fingerprint density at radius 2 is 1.94 bits per heavy atom. The molecule has 0 fully saturated rings. The van der Waals surface area contributed by atoms with E-state index < -0.39 is 11.6 Å². The lowest BCUT2D eigenvalue weighted by Crippen LogP contribution is -1.92. The van der Waals surface area contributed by atoms with Gasteiger partial charge in [-0.2, -0.15) is 0 Å². The minimum Gasteiger partial charge on any atom is -0.451 e. The monoisotopic (exact) mass is 309 g/mol. The quantitative estimate of drug-likeness (QED) is 0.595. The maximum Gasteiger partial charge on any atom is 0.171 e. The fourth-order valence-corrected chi connectivity index (χ4v) is 2.02. The minimum absolute atomic E-state index is 0.0572. The van der Waals surface area contributed by atoms with Crippen molar-refractivity contribution in [1.29, 1.82) is 0 Å². The summed E-state index contributed by atoms with van der Waals surface area (Å²) < 4.78 is 32.8. The number of aliphatic imine (C=N–C) groups is 1. The van der Waals surface area contributed by atoms with E-state index in [1.807, 2.05) is 0 Å². The predicted octanol–water partition coefficient (Wildman–Crippen LogP) is 4.58. The van der Waals surface area contributed by atoms with E-state index in [1.54, 1.807) is 12.1 Å². The highest BCUT2D eigenvalue weighted by atomic mass is 79.9. The van der Waals surface area contributed by atoms with E-state index in [1.165, 1.54) is 24.4 Å². The molecule has 0 atom stereocenters. The Morgan fingerprint density at radius 3 is 2.78 bits per heavy atom. The van der Waals surface area contributed by atoms with Crippen LogP contribution in [0.2, 0.25) is 0 Å². The first-order chi connectivity index (χ1) is 8.65. The molecular formula is C13H6BrF2NO. The Kier molecular flexibility index (Phi) is 2.63. The molecule has 0 saturated heterocycles. The fourth-order valence-electron chi connectivity index (χ4n) is 1.68. The van der Waals surface area contributed by atoms with Crippen LogP contribution in [0.25, 0.3) is 0 Å². The van der Waals surface area contributed by atoms with Gasteiger partial charge in [-0.25, -0.2) is 8.78 Å². The van der Waals surface area contributed by atoms with Gasteiger partial charge in [-0.15, -0.1) is 0 Å². The SMILES string of the molecule is Fc1cc2c(cc1Br)N=Cc1cccc(F)c1O2. The third-order valence-electron chi connectivity index (χ3n) is 2.55. The van der Waals surface area contributed by atoms with E-state index in [0.717, 1.165) is 0 Å². The molecule has 0 aliphatic carbocycles. The van der Waals surface area contributed by atoms with Crippen molar-refractivity contribution in [2.75, 3.05) is 0 Å². The number of fused-ring (bicyclic) bond motifs is 2. The zero-order valence-corrected chi connectivity index (χ0v) is 10.5. The van der Waals surface area contributed by atoms with Crippen LogP contribution in [0.4, 0.5) is 14.5 Å². The van der Waals surface area contributed by atoms with Gasteiger partial charge in [0.25, 0.3) is 0 Å². The lowest BCUT2D eigenvalue weighted by molar-refractivity contribution is 0.440. The molecule has 0 bridgehead atoms. The summed E-state index contributed by atoms with van der Waals surface area (Å²) in [4.78, 5) is 4.16. The van der Waals surface area contributed by atoms with Crippen LogP contribution in [0.1, 0.15) is 5.56 Å². The van der Waals surface area contributed by atoms with Crippen molar-refractivity contribution >= 4 is 27.8 Å². The van der Waals surface area contributed by atoms with Gasteiger partial charge < -0.3 is 4.74 Å². The highest BCUT2D eigenvalue weighted by molar-refractivity contribution is 9.10. The first-order valence-electron chi connectivity index (χ1n) is 5.14. The van der Waals surface area contributed by atoms with E-state index in [4.69, 9.17) is 4.74 Å². The Labute approximate surface area is 110 Å². The number of hydrogen-bond acceptors (Lipinski definition) is 2. The number of benzene rings is 2. The van der Waals surface area contributed by atoms with Crippen LogP contribution in [0.15, 0.2) is 39.8 Å². The maximum atomic E-state index is 13.6. The molecule has 2 nitrogen and oxygen atoms in total. The smallest absolute Gasteiger partial charge is 0.171 e. The van der Waals surface area contributed by atoms with E-state index >= 15 is 0 Å². The Bertz CT molecular complexity index is 670. The number of ether oxygens (including phenoxy) is 1. The Morgan fingerprint density at radius 1 is 1.11 bits per heavy atom. The average molecular weight is 310 g/mol. The molecule has 0 N–H and O–H groups in total. The number of para-hydroxylation sites is 1. The third kappa shape index (κ3) is 1.80. The highest BCUT2D eigenvalue weighted by Crippen LogP contribution is 2.39. The van der Waals surface area contributed by atoms with Crippen molar-refractivity contribution in [3.8, 4) is 11.5 Å². The molecule has 0 radical (unpaired) electrons. The van der Waals surface area contributed by atoms with Gasteiger partial charge in [-0.05, 0) is 34.1 Å². The number of hydrogen-bond donors (Lipinski definition) is 0. The molecule has 2 aromatic carbocycles. The molecule has 1 aliphatic heterocycles. The lowest BCUT2D eigenvalue weighted by Gasteiger charge is -2.09. The summed E-state index contributed by atoms with van der Waals surface area (Å²) in [6.45, 7) is 0. The van der Waals surface area contributed by atoms with Gasteiger partial charge in [-0.3, -0.25) is 4.99 Å². The minimum atomic E-state index is -0.505. The Balaban J connectivity index is 2.21. The van der Waals surface area contributed by atoms with Gasteiger partial charge in [0, 0.05) is 17.8 Å². The standard InChI is InChI=1S/C13H6BrF2NO/c14-8-4-11-12(5-10(8)16)18-13-7(6-17-11)2-1-3-9(13)15/h1-6H. The molecule has 90 valence electrons. The van der Waals surface area contributed by atoms with Gasteiger partial charge in [0.15, 0.2) is 17.3 Å². The van der Waals surface area contributed by atoms with E-state index in [2.05, 4.69) is 20.9 Å². The van der Waals surface area contributed by atoms with Gasteiger partial charge in [0.1, 0.15) is 11.5 Å². The van der Waals surface area contributed by atoms with Crippen LogP contribution in [0.5, 0.6) is 11.5 Å². The summed E-state index contributed by atoms with van der Waals surface area (Å²) in [5.41, 5.74) is 0.960. The second kappa shape index (κ2) is 4.17. The lowest BCUT2D eigenvalue weighted by atomic mass is 10.2. The fraction of sp³-hybridized carbons (Fsp3) is 0. The molecule has 1 aliphatic rings. The molecule has 3 rings (SSSR count). The van der Waals surface area contributed by atoms with Crippen LogP contribution in [0, 0.1) is 11.6 Å². The molecule has 2 aromatic rings. The van der Waals surface area contributed by atoms with E-state index in [0.29, 0.717) is 11.3 Å². The molecule has 0 saturated carbocycles. The van der Waals surface area contributed by atoms with Crippen LogP contribution >= 0.6 is 15.9 Å². The van der Waals surface area contributed by atoms with Crippen molar-refractivity contribution in [2.24, 2.45) is 4.99 Å². The summed E-state index contributed by atoms with van der Waals surface area (Å²) in [5.74, 6) is -0.739. The molecule has 0 aromatic heterocycles. The molecule has 1 heterocycles. The van der Waals surface area contributed by atoms with E-state index in [-0.39, 0.29) is 16.0 Å². The Hall–Kier alpha value is -1.75. The van der Waals surface area contributed by atoms with Crippen LogP contribution in [0.3, 0.4) is 0 Å². The van der Waals surface area contributed by atoms with Crippen LogP contribution in [-0.2, 0) is 0 Å². The average Bonchev–Trinajstić information content (AvgIpc) is 2.51. The van der Waals surface area contributed by atoms with Crippen molar-refractivity contribution in [1.82, 2.24) is 0 Å². The molecule has 0 amide bonds. The summed E-state index contributed by atoms with van der Waals surface area (Å²) in [6.07, 6.45) is 1.49. The number of nitrogens with zero attached hydrogens (tertiary/aromatic N) is 1. The van der Waals surface area contributed by atoms with Crippen molar-refractivity contribution in [3.63, 3.8) is 0 Å². The van der Waals surface area contributed by atoms with Gasteiger partial charge in [0.2, 0.25) is 0 Å². The number of rotatable bonds is 0. The van der Waals surface area contributed by atoms with Crippen molar-refractivity contribution in [3.05, 3.63) is 52.0 Å². The summed E-state index contributed by atoms with van der Waals surface area (Å²) in [7, 11) is 0. The summed E-state index contributed by atoms with van der Waals surface area (Å²) in [5, 5.41) is 0. The largest absolute Gasteiger partial charge is 0.451 e. The summed E-state index contributed by atoms with van der Waals surface area (Å²) in [6, 6.07) is 7.20. The van der Waals surface area contributed by atoms with Crippen LogP contribution in [-0.4, -0.2) is 6.21 Å². The zero-order chi connectivity index (χ0) is 12.7. The van der Waals surface area contributed by atoms with Crippen molar-refractivity contribution < 1.29 is 13.5 Å². The molecule has 5 heteroatoms. The molecular weight excluding hydrogens is 304 g/mol. The first-order valence-corrected chi connectivity index (χ1v) is 5.94. The van der Waals surface area contributed by atoms with E-state index in [9.17, 15) is 8.78 Å². The first kappa shape index (κ1) is 11.3. The molecule has 0 unspecified atom stereocenters. The maximum absolute atomic E-state index is 13.6. The topological polar surface area (TPSA) is 21.6 Å². The van der Waals surface area contributed by atoms with Gasteiger partial charge in [-0.1, -0.05) is 6.07 Å². The zero-order valence-electron chi connectivity index (χ0n) is 8.95. The second-order valence-electron chi connectivity index (χ2n) is 3.75. The normalized spacial score (nSPS) is 12.4. The third-order valence-corrected chi connectivity index (χ3v) is 3.16. The summed E-state index contributed by atoms with van der Waals surface area (Å²) >= 11 is 3.07. The predicted molar refractivity (Wildman–Crippen MR) is 67.8 cm³/mol. The molecule has 18 heavy (non-hydrogen) atoms. The van der Waals surface area contributed by atoms with Crippen molar-refractivity contribution in [2.45, 2.75) is 0 Å². The highest BCUT2D eigenvalue weighted by Gasteiger charge is 2.17. The van der Waals surface area contributed by atoms with Crippen LogP contribution < -0.4 is 4.74 Å². The van der Waals surface area contributed by atoms with Gasteiger partial charge in [0.05, 0.1) is 4.47 Å². The number of halogens is 3. The molecule has 0 spiro atoms. The second-order valence-corrected chi connectivity index (χ2v) is 4.61.